The Hall–Kier alpha value is -0.0800. The molecule has 3 unspecified atom stereocenters. The quantitative estimate of drug-likeness (QED) is 0.514. The molecule has 2 nitrogen and oxygen atoms in total. The average molecular weight is 140 g/mol. The first-order valence-corrected chi connectivity index (χ1v) is 4.27. The number of hydrogen-bond donors (Lipinski definition) is 1. The van der Waals surface area contributed by atoms with Gasteiger partial charge < -0.3 is 0 Å². The highest BCUT2D eigenvalue weighted by atomic mass is 15.8. The molecule has 0 aromatic rings. The Bertz CT molecular complexity index is 146. The van der Waals surface area contributed by atoms with E-state index in [1.165, 1.54) is 25.7 Å². The molecule has 1 aliphatic carbocycles. The van der Waals surface area contributed by atoms with Crippen LogP contribution in [-0.4, -0.2) is 17.7 Å². The minimum absolute atomic E-state index is 0.429. The van der Waals surface area contributed by atoms with Gasteiger partial charge in [-0.15, -0.1) is 0 Å². The molecule has 58 valence electrons. The summed E-state index contributed by atoms with van der Waals surface area (Å²) >= 11 is 0. The first-order valence-electron chi connectivity index (χ1n) is 4.27. The Morgan fingerprint density at radius 3 is 2.60 bits per heavy atom. The Balaban J connectivity index is 2.06. The van der Waals surface area contributed by atoms with E-state index in [0.29, 0.717) is 5.66 Å². The standard InChI is InChI=1S/C8H16N2/c1-7-5-3-4-6-8(7)9-10(8)2/h7,9H,3-6H2,1-2H3. The van der Waals surface area contributed by atoms with Crippen molar-refractivity contribution in [1.82, 2.24) is 10.4 Å². The highest BCUT2D eigenvalue weighted by molar-refractivity contribution is 5.01. The molecule has 1 saturated carbocycles. The number of rotatable bonds is 0. The van der Waals surface area contributed by atoms with Crippen LogP contribution in [-0.2, 0) is 0 Å². The zero-order valence-electron chi connectivity index (χ0n) is 6.85. The summed E-state index contributed by atoms with van der Waals surface area (Å²) in [5.41, 5.74) is 3.86. The van der Waals surface area contributed by atoms with Crippen molar-refractivity contribution in [2.24, 2.45) is 5.92 Å². The molecule has 1 N–H and O–H groups in total. The molecule has 0 aromatic carbocycles. The summed E-state index contributed by atoms with van der Waals surface area (Å²) in [5.74, 6) is 0.853. The molecule has 0 amide bonds. The van der Waals surface area contributed by atoms with E-state index in [1.54, 1.807) is 0 Å². The Labute approximate surface area is 62.6 Å². The van der Waals surface area contributed by atoms with Gasteiger partial charge in [-0.3, -0.25) is 0 Å². The van der Waals surface area contributed by atoms with E-state index in [1.807, 2.05) is 0 Å². The van der Waals surface area contributed by atoms with Gasteiger partial charge in [0.25, 0.3) is 0 Å². The molecule has 1 spiro atoms. The maximum Gasteiger partial charge on any atom is 0.0996 e. The van der Waals surface area contributed by atoms with Crippen molar-refractivity contribution in [1.29, 1.82) is 0 Å². The van der Waals surface area contributed by atoms with Gasteiger partial charge in [-0.1, -0.05) is 19.8 Å². The van der Waals surface area contributed by atoms with Crippen LogP contribution >= 0.6 is 0 Å². The smallest absolute Gasteiger partial charge is 0.0996 e. The Morgan fingerprint density at radius 2 is 2.20 bits per heavy atom. The van der Waals surface area contributed by atoms with Gasteiger partial charge in [0, 0.05) is 7.05 Å². The average Bonchev–Trinajstić information content (AvgIpc) is 2.53. The molecule has 0 aromatic heterocycles. The van der Waals surface area contributed by atoms with Crippen molar-refractivity contribution in [2.75, 3.05) is 7.05 Å². The van der Waals surface area contributed by atoms with Gasteiger partial charge in [-0.05, 0) is 18.8 Å². The topological polar surface area (TPSA) is 25.0 Å². The SMILES string of the molecule is CC1CCCCC12NN2C. The van der Waals surface area contributed by atoms with Gasteiger partial charge in [0.1, 0.15) is 0 Å². The fraction of sp³-hybridized carbons (Fsp3) is 1.00. The summed E-state index contributed by atoms with van der Waals surface area (Å²) in [6, 6.07) is 0. The second-order valence-electron chi connectivity index (χ2n) is 3.74. The number of hydrogen-bond acceptors (Lipinski definition) is 2. The molecular formula is C8H16N2. The number of nitrogens with zero attached hydrogens (tertiary/aromatic N) is 1. The summed E-state index contributed by atoms with van der Waals surface area (Å²) in [5, 5.41) is 2.27. The van der Waals surface area contributed by atoms with Gasteiger partial charge in [-0.25, -0.2) is 10.4 Å². The highest BCUT2D eigenvalue weighted by Gasteiger charge is 2.53. The minimum Gasteiger partial charge on any atom is -0.232 e. The zero-order valence-corrected chi connectivity index (χ0v) is 6.85. The second kappa shape index (κ2) is 1.95. The molecular weight excluding hydrogens is 124 g/mol. The lowest BCUT2D eigenvalue weighted by Gasteiger charge is -2.26. The van der Waals surface area contributed by atoms with Crippen LogP contribution in [0.3, 0.4) is 0 Å². The fourth-order valence-electron chi connectivity index (χ4n) is 2.26. The molecule has 2 aliphatic rings. The number of nitrogens with one attached hydrogen (secondary N) is 1. The molecule has 2 rings (SSSR count). The lowest BCUT2D eigenvalue weighted by atomic mass is 9.83. The minimum atomic E-state index is 0.429. The zero-order chi connectivity index (χ0) is 7.19. The monoisotopic (exact) mass is 140 g/mol. The van der Waals surface area contributed by atoms with Gasteiger partial charge in [0.05, 0.1) is 5.66 Å². The maximum atomic E-state index is 3.43. The van der Waals surface area contributed by atoms with Gasteiger partial charge >= 0.3 is 0 Å². The van der Waals surface area contributed by atoms with E-state index in [9.17, 15) is 0 Å². The summed E-state index contributed by atoms with van der Waals surface area (Å²) < 4.78 is 0. The van der Waals surface area contributed by atoms with Crippen LogP contribution in [0.4, 0.5) is 0 Å². The third-order valence-corrected chi connectivity index (χ3v) is 3.17. The predicted octanol–water partition coefficient (Wildman–Crippen LogP) is 1.34. The van der Waals surface area contributed by atoms with Crippen LogP contribution in [0, 0.1) is 5.92 Å². The summed E-state index contributed by atoms with van der Waals surface area (Å²) in [6.45, 7) is 2.36. The van der Waals surface area contributed by atoms with Crippen molar-refractivity contribution >= 4 is 0 Å². The molecule has 2 fully saturated rings. The highest BCUT2D eigenvalue weighted by Crippen LogP contribution is 2.42. The van der Waals surface area contributed by atoms with Crippen molar-refractivity contribution in [3.8, 4) is 0 Å². The lowest BCUT2D eigenvalue weighted by Crippen LogP contribution is -2.30. The van der Waals surface area contributed by atoms with Crippen LogP contribution in [0.25, 0.3) is 0 Å². The van der Waals surface area contributed by atoms with Crippen molar-refractivity contribution in [2.45, 2.75) is 38.3 Å². The van der Waals surface area contributed by atoms with E-state index < -0.39 is 0 Å². The van der Waals surface area contributed by atoms with Gasteiger partial charge in [-0.2, -0.15) is 0 Å². The molecule has 0 bridgehead atoms. The van der Waals surface area contributed by atoms with E-state index in [-0.39, 0.29) is 0 Å². The van der Waals surface area contributed by atoms with Crippen LogP contribution in [0.5, 0.6) is 0 Å². The first-order chi connectivity index (χ1) is 4.76. The molecule has 1 heterocycles. The Morgan fingerprint density at radius 1 is 1.50 bits per heavy atom. The third kappa shape index (κ3) is 0.722. The van der Waals surface area contributed by atoms with Crippen LogP contribution in [0.1, 0.15) is 32.6 Å². The van der Waals surface area contributed by atoms with Crippen LogP contribution < -0.4 is 5.43 Å². The number of hydrazine groups is 1. The summed E-state index contributed by atoms with van der Waals surface area (Å²) in [4.78, 5) is 0. The molecule has 3 atom stereocenters. The third-order valence-electron chi connectivity index (χ3n) is 3.17. The van der Waals surface area contributed by atoms with Crippen molar-refractivity contribution in [3.05, 3.63) is 0 Å². The van der Waals surface area contributed by atoms with E-state index in [0.717, 1.165) is 5.92 Å². The normalized spacial score (nSPS) is 53.4. The molecule has 10 heavy (non-hydrogen) atoms. The fourth-order valence-corrected chi connectivity index (χ4v) is 2.26. The molecule has 2 heteroatoms. The second-order valence-corrected chi connectivity index (χ2v) is 3.74. The lowest BCUT2D eigenvalue weighted by molar-refractivity contribution is 0.246. The van der Waals surface area contributed by atoms with Gasteiger partial charge in [0.15, 0.2) is 0 Å². The van der Waals surface area contributed by atoms with Crippen LogP contribution in [0.2, 0.25) is 0 Å². The Kier molecular flexibility index (Phi) is 1.29. The maximum absolute atomic E-state index is 3.43. The van der Waals surface area contributed by atoms with E-state index in [2.05, 4.69) is 24.4 Å². The summed E-state index contributed by atoms with van der Waals surface area (Å²) in [6.07, 6.45) is 5.59. The molecule has 1 saturated heterocycles. The van der Waals surface area contributed by atoms with Gasteiger partial charge in [0.2, 0.25) is 0 Å². The van der Waals surface area contributed by atoms with E-state index in [4.69, 9.17) is 0 Å². The van der Waals surface area contributed by atoms with Crippen molar-refractivity contribution in [3.63, 3.8) is 0 Å². The first kappa shape index (κ1) is 6.62. The van der Waals surface area contributed by atoms with Crippen LogP contribution in [0.15, 0.2) is 0 Å². The summed E-state index contributed by atoms with van der Waals surface area (Å²) in [7, 11) is 2.15. The molecule has 0 radical (unpaired) electrons. The largest absolute Gasteiger partial charge is 0.232 e. The molecule has 1 aliphatic heterocycles. The van der Waals surface area contributed by atoms with Crippen molar-refractivity contribution < 1.29 is 0 Å². The van der Waals surface area contributed by atoms with E-state index >= 15 is 0 Å². The predicted molar refractivity (Wildman–Crippen MR) is 41.3 cm³/mol.